The van der Waals surface area contributed by atoms with Crippen molar-refractivity contribution in [1.82, 2.24) is 14.8 Å². The van der Waals surface area contributed by atoms with Crippen LogP contribution in [0.2, 0.25) is 0 Å². The zero-order valence-electron chi connectivity index (χ0n) is 16.6. The molecule has 0 unspecified atom stereocenters. The lowest BCUT2D eigenvalue weighted by atomic mass is 9.98. The number of thioether (sulfide) groups is 1. The average Bonchev–Trinajstić information content (AvgIpc) is 2.75. The maximum atomic E-state index is 10.8. The molecule has 2 aromatic rings. The molecule has 2 fully saturated rings. The van der Waals surface area contributed by atoms with E-state index in [0.29, 0.717) is 0 Å². The number of hydrogen-bond acceptors (Lipinski definition) is 6. The first-order valence-electron chi connectivity index (χ1n) is 10.2. The number of anilines is 1. The predicted octanol–water partition coefficient (Wildman–Crippen LogP) is 2.56. The van der Waals surface area contributed by atoms with Gasteiger partial charge >= 0.3 is 0 Å². The number of β-amino-alcohol motifs (C(OH)–C–C–N with tert-alkyl or cyclic N) is 1. The van der Waals surface area contributed by atoms with Crippen LogP contribution in [0.15, 0.2) is 53.6 Å². The smallest absolute Gasteiger partial charge is 0.128 e. The Morgan fingerprint density at radius 1 is 1.07 bits per heavy atom. The van der Waals surface area contributed by atoms with Gasteiger partial charge in [0.25, 0.3) is 0 Å². The first-order chi connectivity index (χ1) is 13.7. The molecule has 6 heteroatoms. The highest BCUT2D eigenvalue weighted by Gasteiger charge is 2.33. The predicted molar refractivity (Wildman–Crippen MR) is 116 cm³/mol. The highest BCUT2D eigenvalue weighted by Crippen LogP contribution is 2.23. The second-order valence-corrected chi connectivity index (χ2v) is 8.60. The molecule has 1 aromatic carbocycles. The molecule has 1 aromatic heterocycles. The zero-order valence-corrected chi connectivity index (χ0v) is 17.4. The summed E-state index contributed by atoms with van der Waals surface area (Å²) in [6, 6.07) is 15.1. The Labute approximate surface area is 172 Å². The Morgan fingerprint density at radius 2 is 1.93 bits per heavy atom. The summed E-state index contributed by atoms with van der Waals surface area (Å²) < 4.78 is 0. The molecule has 2 aliphatic rings. The Bertz CT molecular complexity index is 751. The number of piperazine rings is 1. The molecule has 0 bridgehead atoms. The van der Waals surface area contributed by atoms with E-state index in [1.54, 1.807) is 11.8 Å². The molecular weight excluding hydrogens is 368 g/mol. The van der Waals surface area contributed by atoms with E-state index in [2.05, 4.69) is 56.3 Å². The average molecular weight is 399 g/mol. The van der Waals surface area contributed by atoms with Crippen molar-refractivity contribution < 1.29 is 5.11 Å². The molecule has 3 heterocycles. The molecule has 0 spiro atoms. The lowest BCUT2D eigenvalue weighted by Crippen LogP contribution is -2.58. The van der Waals surface area contributed by atoms with Crippen LogP contribution >= 0.6 is 11.8 Å². The van der Waals surface area contributed by atoms with Gasteiger partial charge in [0.05, 0.1) is 6.10 Å². The van der Waals surface area contributed by atoms with Crippen LogP contribution in [0.25, 0.3) is 0 Å². The van der Waals surface area contributed by atoms with Crippen LogP contribution in [0.4, 0.5) is 5.82 Å². The van der Waals surface area contributed by atoms with Gasteiger partial charge < -0.3 is 10.0 Å². The molecule has 0 saturated carbocycles. The first-order valence-corrected chi connectivity index (χ1v) is 11.4. The van der Waals surface area contributed by atoms with E-state index < -0.39 is 0 Å². The molecule has 2 atom stereocenters. The summed E-state index contributed by atoms with van der Waals surface area (Å²) in [7, 11) is 0. The van der Waals surface area contributed by atoms with Crippen LogP contribution in [0.5, 0.6) is 0 Å². The summed E-state index contributed by atoms with van der Waals surface area (Å²) in [5.41, 5.74) is 1.33. The fourth-order valence-corrected chi connectivity index (χ4v) is 4.89. The summed E-state index contributed by atoms with van der Waals surface area (Å²) in [6.45, 7) is 6.67. The Balaban J connectivity index is 1.29. The molecule has 150 valence electrons. The van der Waals surface area contributed by atoms with Gasteiger partial charge in [-0.05, 0) is 42.5 Å². The number of benzene rings is 1. The largest absolute Gasteiger partial charge is 0.390 e. The zero-order chi connectivity index (χ0) is 19.3. The minimum Gasteiger partial charge on any atom is -0.390 e. The van der Waals surface area contributed by atoms with Crippen molar-refractivity contribution in [3.63, 3.8) is 0 Å². The lowest BCUT2D eigenvalue weighted by molar-refractivity contribution is -0.0172. The standard InChI is InChI=1S/C22H30N4OS/c1-28-19-6-4-5-18(15-19)16-24-10-8-20(21(27)17-24)25-11-13-26(14-12-25)22-7-2-3-9-23-22/h2-7,9,15,20-21,27H,8,10-14,16-17H2,1H3/t20-,21-/m0/s1. The number of aliphatic hydroxyl groups excluding tert-OH is 1. The Kier molecular flexibility index (Phi) is 6.52. The van der Waals surface area contributed by atoms with E-state index in [0.717, 1.165) is 58.1 Å². The lowest BCUT2D eigenvalue weighted by Gasteiger charge is -2.45. The number of rotatable bonds is 5. The van der Waals surface area contributed by atoms with Crippen LogP contribution in [-0.2, 0) is 6.54 Å². The molecular formula is C22H30N4OS. The molecule has 0 amide bonds. The van der Waals surface area contributed by atoms with E-state index in [-0.39, 0.29) is 12.1 Å². The van der Waals surface area contributed by atoms with Crippen molar-refractivity contribution in [1.29, 1.82) is 0 Å². The van der Waals surface area contributed by atoms with Crippen molar-refractivity contribution in [3.8, 4) is 0 Å². The van der Waals surface area contributed by atoms with Crippen molar-refractivity contribution in [2.45, 2.75) is 30.0 Å². The van der Waals surface area contributed by atoms with Crippen molar-refractivity contribution in [2.75, 3.05) is 50.4 Å². The SMILES string of the molecule is CSc1cccc(CN2CC[C@H](N3CCN(c4ccccn4)CC3)[C@@H](O)C2)c1. The van der Waals surface area contributed by atoms with Gasteiger partial charge in [-0.15, -0.1) is 11.8 Å². The summed E-state index contributed by atoms with van der Waals surface area (Å²) in [6.07, 6.45) is 4.73. The summed E-state index contributed by atoms with van der Waals surface area (Å²) in [4.78, 5) is 13.0. The molecule has 0 radical (unpaired) electrons. The number of aliphatic hydroxyl groups is 1. The van der Waals surface area contributed by atoms with E-state index in [9.17, 15) is 5.11 Å². The van der Waals surface area contributed by atoms with Gasteiger partial charge in [0.2, 0.25) is 0 Å². The minimum absolute atomic E-state index is 0.277. The van der Waals surface area contributed by atoms with Gasteiger partial charge in [0.15, 0.2) is 0 Å². The van der Waals surface area contributed by atoms with Crippen LogP contribution in [0.1, 0.15) is 12.0 Å². The Hall–Kier alpha value is -1.60. The fourth-order valence-electron chi connectivity index (χ4n) is 4.41. The molecule has 28 heavy (non-hydrogen) atoms. The molecule has 5 nitrogen and oxygen atoms in total. The number of hydrogen-bond donors (Lipinski definition) is 1. The third kappa shape index (κ3) is 4.69. The van der Waals surface area contributed by atoms with E-state index in [1.807, 2.05) is 18.3 Å². The normalized spacial score (nSPS) is 24.4. The van der Waals surface area contributed by atoms with Crippen LogP contribution in [0.3, 0.4) is 0 Å². The number of aromatic nitrogens is 1. The summed E-state index contributed by atoms with van der Waals surface area (Å²) in [5.74, 6) is 1.06. The Morgan fingerprint density at radius 3 is 2.64 bits per heavy atom. The summed E-state index contributed by atoms with van der Waals surface area (Å²) >= 11 is 1.78. The molecule has 1 N–H and O–H groups in total. The van der Waals surface area contributed by atoms with Crippen LogP contribution < -0.4 is 4.90 Å². The highest BCUT2D eigenvalue weighted by atomic mass is 32.2. The maximum absolute atomic E-state index is 10.8. The van der Waals surface area contributed by atoms with Gasteiger partial charge in [-0.3, -0.25) is 9.80 Å². The fraction of sp³-hybridized carbons (Fsp3) is 0.500. The van der Waals surface area contributed by atoms with Gasteiger partial charge in [-0.1, -0.05) is 18.2 Å². The molecule has 0 aliphatic carbocycles. The van der Waals surface area contributed by atoms with Crippen LogP contribution in [-0.4, -0.2) is 77.6 Å². The van der Waals surface area contributed by atoms with Gasteiger partial charge in [0, 0.05) is 62.9 Å². The topological polar surface area (TPSA) is 42.8 Å². The van der Waals surface area contributed by atoms with Crippen molar-refractivity contribution in [2.24, 2.45) is 0 Å². The van der Waals surface area contributed by atoms with E-state index in [1.165, 1.54) is 10.5 Å². The molecule has 4 rings (SSSR count). The monoisotopic (exact) mass is 398 g/mol. The third-order valence-electron chi connectivity index (χ3n) is 5.93. The number of piperidine rings is 1. The number of pyridine rings is 1. The second-order valence-electron chi connectivity index (χ2n) is 7.72. The van der Waals surface area contributed by atoms with Gasteiger partial charge in [0.1, 0.15) is 5.82 Å². The number of nitrogens with zero attached hydrogens (tertiary/aromatic N) is 4. The highest BCUT2D eigenvalue weighted by molar-refractivity contribution is 7.98. The minimum atomic E-state index is -0.279. The van der Waals surface area contributed by atoms with Gasteiger partial charge in [-0.25, -0.2) is 4.98 Å². The number of likely N-dealkylation sites (tertiary alicyclic amines) is 1. The van der Waals surface area contributed by atoms with Crippen molar-refractivity contribution in [3.05, 3.63) is 54.2 Å². The third-order valence-corrected chi connectivity index (χ3v) is 6.65. The van der Waals surface area contributed by atoms with E-state index >= 15 is 0 Å². The summed E-state index contributed by atoms with van der Waals surface area (Å²) in [5, 5.41) is 10.8. The van der Waals surface area contributed by atoms with E-state index in [4.69, 9.17) is 0 Å². The molecule has 2 aliphatic heterocycles. The quantitative estimate of drug-likeness (QED) is 0.781. The van der Waals surface area contributed by atoms with Crippen molar-refractivity contribution >= 4 is 17.6 Å². The van der Waals surface area contributed by atoms with Crippen LogP contribution in [0, 0.1) is 0 Å². The maximum Gasteiger partial charge on any atom is 0.128 e. The second kappa shape index (κ2) is 9.27. The molecule has 2 saturated heterocycles. The van der Waals surface area contributed by atoms with Gasteiger partial charge in [-0.2, -0.15) is 0 Å². The first kappa shape index (κ1) is 19.7.